The Kier molecular flexibility index (Phi) is 5.03. The summed E-state index contributed by atoms with van der Waals surface area (Å²) in [6.45, 7) is 0. The molecule has 0 N–H and O–H groups in total. The van der Waals surface area contributed by atoms with Gasteiger partial charge in [0.1, 0.15) is 0 Å². The molecule has 0 amide bonds. The molecule has 0 saturated carbocycles. The summed E-state index contributed by atoms with van der Waals surface area (Å²) >= 11 is 0. The van der Waals surface area contributed by atoms with E-state index in [1.165, 1.54) is 0 Å². The molecular weight excluding hydrogens is 180 g/mol. The molecule has 54 valence electrons. The normalized spacial score (nSPS) is 19.2. The average molecular weight is 188 g/mol. The minimum atomic E-state index is 1.09. The molecule has 0 aromatic heterocycles. The molecule has 0 aromatic carbocycles. The molecule has 0 nitrogen and oxygen atoms in total. The lowest BCUT2D eigenvalue weighted by Crippen LogP contribution is -1.62. The van der Waals surface area contributed by atoms with Gasteiger partial charge in [0.2, 0.25) is 0 Å². The first-order valence-electron chi connectivity index (χ1n) is 2.93. The number of hydrogen-bond acceptors (Lipinski definition) is 3. The second kappa shape index (κ2) is 6.01. The van der Waals surface area contributed by atoms with Gasteiger partial charge in [0, 0.05) is 5.75 Å². The van der Waals surface area contributed by atoms with Crippen LogP contribution in [0.2, 0.25) is 0 Å². The molecule has 0 aromatic rings. The Morgan fingerprint density at radius 2 is 1.90 bits per heavy atom. The highest BCUT2D eigenvalue weighted by molar-refractivity contribution is 9.10. The van der Waals surface area contributed by atoms with Crippen LogP contribution in [0, 0.1) is 0 Å². The van der Waals surface area contributed by atoms with Gasteiger partial charge < -0.3 is 0 Å². The van der Waals surface area contributed by atoms with Crippen LogP contribution in [0.25, 0.3) is 0 Å². The Balaban J connectivity index is 2.40. The van der Waals surface area contributed by atoms with Crippen molar-refractivity contribution >= 4 is 31.4 Å². The van der Waals surface area contributed by atoms with E-state index in [-0.39, 0.29) is 0 Å². The third kappa shape index (κ3) is 4.14. The Labute approximate surface area is 73.0 Å². The van der Waals surface area contributed by atoms with Gasteiger partial charge in [-0.2, -0.15) is 0 Å². The van der Waals surface area contributed by atoms with E-state index in [9.17, 15) is 0 Å². The van der Waals surface area contributed by atoms with Crippen LogP contribution in [-0.2, 0) is 0 Å². The van der Waals surface area contributed by atoms with Crippen LogP contribution < -0.4 is 0 Å². The largest absolute Gasteiger partial charge is 0.0781 e. The van der Waals surface area contributed by atoms with Gasteiger partial charge in [-0.15, -0.1) is 0 Å². The van der Waals surface area contributed by atoms with E-state index in [2.05, 4.69) is 17.6 Å². The first kappa shape index (κ1) is 8.37. The Morgan fingerprint density at radius 3 is 2.90 bits per heavy atom. The van der Waals surface area contributed by atoms with Crippen LogP contribution in [-0.4, -0.2) is 5.75 Å². The van der Waals surface area contributed by atoms with Crippen molar-refractivity contribution in [1.82, 2.24) is 0 Å². The second-order valence-corrected chi connectivity index (χ2v) is 5.68. The highest BCUT2D eigenvalue weighted by Gasteiger charge is 1.84. The fourth-order valence-electron chi connectivity index (χ4n) is 0.457. The van der Waals surface area contributed by atoms with Gasteiger partial charge >= 0.3 is 0 Å². The lowest BCUT2D eigenvalue weighted by Gasteiger charge is -1.91. The van der Waals surface area contributed by atoms with Crippen LogP contribution in [0.5, 0.6) is 0 Å². The van der Waals surface area contributed by atoms with Crippen LogP contribution in [0.3, 0.4) is 0 Å². The molecule has 10 heavy (non-hydrogen) atoms. The lowest BCUT2D eigenvalue weighted by atomic mass is 10.4. The molecule has 1 rings (SSSR count). The Morgan fingerprint density at radius 1 is 1.00 bits per heavy atom. The van der Waals surface area contributed by atoms with Crippen molar-refractivity contribution in [1.29, 1.82) is 0 Å². The third-order valence-corrected chi connectivity index (χ3v) is 4.47. The number of hydrogen-bond donors (Lipinski definition) is 0. The van der Waals surface area contributed by atoms with Crippen molar-refractivity contribution in [3.8, 4) is 0 Å². The minimum Gasteiger partial charge on any atom is -0.0781 e. The van der Waals surface area contributed by atoms with Crippen molar-refractivity contribution in [2.24, 2.45) is 0 Å². The zero-order valence-electron chi connectivity index (χ0n) is 5.40. The van der Waals surface area contributed by atoms with E-state index in [4.69, 9.17) is 0 Å². The summed E-state index contributed by atoms with van der Waals surface area (Å²) in [5, 5.41) is 2.09. The molecule has 0 saturated heterocycles. The lowest BCUT2D eigenvalue weighted by molar-refractivity contribution is 1.76. The van der Waals surface area contributed by atoms with Crippen LogP contribution in [0.4, 0.5) is 0 Å². The van der Waals surface area contributed by atoms with Crippen molar-refractivity contribution in [3.05, 3.63) is 35.8 Å². The van der Waals surface area contributed by atoms with E-state index in [1.54, 1.807) is 10.8 Å². The van der Waals surface area contributed by atoms with Gasteiger partial charge in [-0.3, -0.25) is 0 Å². The molecule has 0 spiro atoms. The summed E-state index contributed by atoms with van der Waals surface area (Å²) in [6, 6.07) is 0. The minimum absolute atomic E-state index is 1.09. The monoisotopic (exact) mass is 188 g/mol. The highest BCUT2D eigenvalue weighted by atomic mass is 33.5. The molecule has 1 aliphatic rings. The topological polar surface area (TPSA) is 0 Å². The maximum Gasteiger partial charge on any atom is 0.0229 e. The number of rotatable bonds is 0. The maximum atomic E-state index is 2.16. The van der Waals surface area contributed by atoms with Crippen molar-refractivity contribution in [2.75, 3.05) is 5.75 Å². The summed E-state index contributed by atoms with van der Waals surface area (Å²) in [5.41, 5.74) is 0. The maximum absolute atomic E-state index is 2.16. The predicted molar refractivity (Wildman–Crippen MR) is 55.1 cm³/mol. The molecular formula is C7H8S3. The fraction of sp³-hybridized carbons (Fsp3) is 0.143. The smallest absolute Gasteiger partial charge is 0.0229 e. The van der Waals surface area contributed by atoms with Gasteiger partial charge in [0.05, 0.1) is 0 Å². The van der Waals surface area contributed by atoms with Gasteiger partial charge in [0.15, 0.2) is 0 Å². The molecule has 0 radical (unpaired) electrons. The molecule has 0 atom stereocenters. The summed E-state index contributed by atoms with van der Waals surface area (Å²) in [5.74, 6) is 1.09. The Bertz CT molecular complexity index is 140. The van der Waals surface area contributed by atoms with Crippen molar-refractivity contribution in [2.45, 2.75) is 0 Å². The molecule has 1 heterocycles. The summed E-state index contributed by atoms with van der Waals surface area (Å²) in [4.78, 5) is 0. The van der Waals surface area contributed by atoms with Gasteiger partial charge in [0.25, 0.3) is 0 Å². The van der Waals surface area contributed by atoms with E-state index in [0.717, 1.165) is 5.75 Å². The molecule has 0 unspecified atom stereocenters. The summed E-state index contributed by atoms with van der Waals surface area (Å²) in [7, 11) is 5.44. The van der Waals surface area contributed by atoms with E-state index >= 15 is 0 Å². The molecule has 0 aliphatic carbocycles. The van der Waals surface area contributed by atoms with E-state index < -0.39 is 0 Å². The standard InChI is InChI=1S/C7H8S3/c1-2-4-6-8-10-9-7-5-3-1/h1-6H,7H2. The highest BCUT2D eigenvalue weighted by Crippen LogP contribution is 2.35. The molecule has 3 heteroatoms. The Hall–Kier alpha value is 0.270. The van der Waals surface area contributed by atoms with Crippen molar-refractivity contribution in [3.63, 3.8) is 0 Å². The summed E-state index contributed by atoms with van der Waals surface area (Å²) in [6.07, 6.45) is 10.4. The third-order valence-electron chi connectivity index (χ3n) is 0.855. The first-order valence-corrected chi connectivity index (χ1v) is 6.65. The van der Waals surface area contributed by atoms with Crippen LogP contribution in [0.1, 0.15) is 0 Å². The predicted octanol–water partition coefficient (Wildman–Crippen LogP) is 3.66. The summed E-state index contributed by atoms with van der Waals surface area (Å²) < 4.78 is 0. The van der Waals surface area contributed by atoms with E-state index in [0.29, 0.717) is 0 Å². The van der Waals surface area contributed by atoms with Gasteiger partial charge in [-0.25, -0.2) is 0 Å². The fourth-order valence-corrected chi connectivity index (χ4v) is 3.26. The van der Waals surface area contributed by atoms with Gasteiger partial charge in [-0.05, 0) is 15.2 Å². The first-order chi connectivity index (χ1) is 5.00. The molecule has 0 bridgehead atoms. The zero-order chi connectivity index (χ0) is 7.07. The second-order valence-electron chi connectivity index (χ2n) is 1.59. The van der Waals surface area contributed by atoms with Crippen LogP contribution >= 0.6 is 31.4 Å². The van der Waals surface area contributed by atoms with Gasteiger partial charge in [-0.1, -0.05) is 52.0 Å². The average Bonchev–Trinajstić information content (AvgIpc) is 2.01. The SMILES string of the molecule is C1=CC=CSSSCC=C1. The quantitative estimate of drug-likeness (QED) is 0.533. The van der Waals surface area contributed by atoms with E-state index in [1.807, 2.05) is 38.8 Å². The van der Waals surface area contributed by atoms with Crippen molar-refractivity contribution < 1.29 is 0 Å². The molecule has 0 fully saturated rings. The zero-order valence-corrected chi connectivity index (χ0v) is 7.85. The molecule has 1 aliphatic heterocycles. The number of allylic oxidation sites excluding steroid dienone is 4. The van der Waals surface area contributed by atoms with Crippen LogP contribution in [0.15, 0.2) is 35.8 Å².